The Hall–Kier alpha value is -2.64. The zero-order chi connectivity index (χ0) is 16.8. The second-order valence-corrected chi connectivity index (χ2v) is 6.06. The van der Waals surface area contributed by atoms with Gasteiger partial charge in [-0.15, -0.1) is 0 Å². The Morgan fingerprint density at radius 2 is 1.75 bits per heavy atom. The Balaban J connectivity index is 1.51. The quantitative estimate of drug-likeness (QED) is 0.870. The van der Waals surface area contributed by atoms with Crippen molar-refractivity contribution in [2.45, 2.75) is 6.42 Å². The van der Waals surface area contributed by atoms with Crippen LogP contribution in [0, 0.1) is 11.3 Å². The van der Waals surface area contributed by atoms with Crippen LogP contribution >= 0.6 is 0 Å². The monoisotopic (exact) mass is 319 g/mol. The second kappa shape index (κ2) is 7.76. The summed E-state index contributed by atoms with van der Waals surface area (Å²) in [4.78, 5) is 16.8. The van der Waals surface area contributed by atoms with Gasteiger partial charge in [-0.25, -0.2) is 0 Å². The van der Waals surface area contributed by atoms with Crippen molar-refractivity contribution in [1.82, 2.24) is 9.80 Å². The van der Waals surface area contributed by atoms with Gasteiger partial charge in [0.05, 0.1) is 11.6 Å². The van der Waals surface area contributed by atoms with E-state index in [0.717, 1.165) is 39.1 Å². The van der Waals surface area contributed by atoms with Crippen LogP contribution in [0.2, 0.25) is 0 Å². The maximum Gasteiger partial charge on any atom is 0.253 e. The minimum absolute atomic E-state index is 0.0230. The fraction of sp³-hybridized carbons (Fsp3) is 0.300. The molecule has 0 atom stereocenters. The average molecular weight is 319 g/mol. The Kier molecular flexibility index (Phi) is 5.25. The van der Waals surface area contributed by atoms with Crippen LogP contribution in [0.1, 0.15) is 21.5 Å². The standard InChI is InChI=1S/C20H21N3O/c21-16-18-7-4-8-19(15-18)20(24)23-13-11-22(12-14-23)10-9-17-5-2-1-3-6-17/h1-8,15H,9-14H2. The van der Waals surface area contributed by atoms with Gasteiger partial charge in [0.1, 0.15) is 0 Å². The van der Waals surface area contributed by atoms with Crippen molar-refractivity contribution in [2.75, 3.05) is 32.7 Å². The Morgan fingerprint density at radius 1 is 1.00 bits per heavy atom. The maximum absolute atomic E-state index is 12.6. The molecular weight excluding hydrogens is 298 g/mol. The van der Waals surface area contributed by atoms with Crippen LogP contribution in [0.4, 0.5) is 0 Å². The first-order valence-corrected chi connectivity index (χ1v) is 8.32. The number of nitrogens with zero attached hydrogens (tertiary/aromatic N) is 3. The highest BCUT2D eigenvalue weighted by atomic mass is 16.2. The molecule has 1 aliphatic rings. The van der Waals surface area contributed by atoms with Crippen LogP contribution in [0.15, 0.2) is 54.6 Å². The lowest BCUT2D eigenvalue weighted by Crippen LogP contribution is -2.49. The number of hydrogen-bond acceptors (Lipinski definition) is 3. The molecule has 4 heteroatoms. The topological polar surface area (TPSA) is 47.3 Å². The third-order valence-electron chi connectivity index (χ3n) is 4.46. The van der Waals surface area contributed by atoms with Crippen LogP contribution < -0.4 is 0 Å². The fourth-order valence-corrected chi connectivity index (χ4v) is 3.01. The summed E-state index contributed by atoms with van der Waals surface area (Å²) in [5.74, 6) is 0.0230. The summed E-state index contributed by atoms with van der Waals surface area (Å²) in [6.45, 7) is 4.30. The summed E-state index contributed by atoms with van der Waals surface area (Å²) in [6.07, 6.45) is 1.04. The van der Waals surface area contributed by atoms with Crippen molar-refractivity contribution in [3.8, 4) is 6.07 Å². The van der Waals surface area contributed by atoms with Crippen LogP contribution in [0.25, 0.3) is 0 Å². The third kappa shape index (κ3) is 4.01. The number of benzene rings is 2. The van der Waals surface area contributed by atoms with Gasteiger partial charge in [-0.3, -0.25) is 9.69 Å². The van der Waals surface area contributed by atoms with Gasteiger partial charge >= 0.3 is 0 Å². The number of carbonyl (C=O) groups is 1. The van der Waals surface area contributed by atoms with E-state index in [9.17, 15) is 4.79 Å². The number of piperazine rings is 1. The molecule has 1 fully saturated rings. The molecule has 24 heavy (non-hydrogen) atoms. The lowest BCUT2D eigenvalue weighted by Gasteiger charge is -2.34. The van der Waals surface area contributed by atoms with E-state index in [1.54, 1.807) is 24.3 Å². The Labute approximate surface area is 142 Å². The molecule has 0 aromatic heterocycles. The van der Waals surface area contributed by atoms with Crippen molar-refractivity contribution >= 4 is 5.91 Å². The van der Waals surface area contributed by atoms with Crippen molar-refractivity contribution in [3.63, 3.8) is 0 Å². The summed E-state index contributed by atoms with van der Waals surface area (Å²) in [7, 11) is 0. The van der Waals surface area contributed by atoms with Crippen molar-refractivity contribution in [2.24, 2.45) is 0 Å². The first-order valence-electron chi connectivity index (χ1n) is 8.32. The predicted octanol–water partition coefficient (Wildman–Crippen LogP) is 2.56. The SMILES string of the molecule is N#Cc1cccc(C(=O)N2CCN(CCc3ccccc3)CC2)c1. The van der Waals surface area contributed by atoms with E-state index in [1.165, 1.54) is 5.56 Å². The summed E-state index contributed by atoms with van der Waals surface area (Å²) < 4.78 is 0. The van der Waals surface area contributed by atoms with Gasteiger partial charge in [-0.1, -0.05) is 36.4 Å². The molecule has 0 spiro atoms. The lowest BCUT2D eigenvalue weighted by molar-refractivity contribution is 0.0638. The molecule has 1 heterocycles. The molecule has 122 valence electrons. The predicted molar refractivity (Wildman–Crippen MR) is 93.6 cm³/mol. The average Bonchev–Trinajstić information content (AvgIpc) is 2.67. The van der Waals surface area contributed by atoms with Crippen molar-refractivity contribution < 1.29 is 4.79 Å². The second-order valence-electron chi connectivity index (χ2n) is 6.06. The third-order valence-corrected chi connectivity index (χ3v) is 4.46. The molecular formula is C20H21N3O. The van der Waals surface area contributed by atoms with Gasteiger partial charge < -0.3 is 4.90 Å². The first kappa shape index (κ1) is 16.2. The number of rotatable bonds is 4. The van der Waals surface area contributed by atoms with E-state index in [0.29, 0.717) is 11.1 Å². The normalized spacial score (nSPS) is 15.0. The molecule has 1 aliphatic heterocycles. The Morgan fingerprint density at radius 3 is 2.46 bits per heavy atom. The molecule has 0 N–H and O–H groups in total. The zero-order valence-corrected chi connectivity index (χ0v) is 13.7. The van der Waals surface area contributed by atoms with E-state index in [-0.39, 0.29) is 5.91 Å². The summed E-state index contributed by atoms with van der Waals surface area (Å²) in [5, 5.41) is 8.96. The molecule has 2 aromatic carbocycles. The van der Waals surface area contributed by atoms with Crippen LogP contribution in [0.3, 0.4) is 0 Å². The van der Waals surface area contributed by atoms with Crippen LogP contribution in [-0.2, 0) is 6.42 Å². The van der Waals surface area contributed by atoms with Gasteiger partial charge in [0.2, 0.25) is 0 Å². The Bertz CT molecular complexity index is 728. The molecule has 3 rings (SSSR count). The van der Waals surface area contributed by atoms with E-state index >= 15 is 0 Å². The number of hydrogen-bond donors (Lipinski definition) is 0. The number of carbonyl (C=O) groups excluding carboxylic acids is 1. The van der Waals surface area contributed by atoms with Gasteiger partial charge in [0, 0.05) is 38.3 Å². The van der Waals surface area contributed by atoms with Gasteiger partial charge in [-0.2, -0.15) is 5.26 Å². The molecule has 0 radical (unpaired) electrons. The summed E-state index contributed by atoms with van der Waals surface area (Å²) in [6, 6.07) is 19.5. The number of amides is 1. The minimum Gasteiger partial charge on any atom is -0.336 e. The van der Waals surface area contributed by atoms with Gasteiger partial charge in [0.25, 0.3) is 5.91 Å². The van der Waals surface area contributed by atoms with Gasteiger partial charge in [0.15, 0.2) is 0 Å². The van der Waals surface area contributed by atoms with E-state index in [1.807, 2.05) is 11.0 Å². The molecule has 1 amide bonds. The maximum atomic E-state index is 12.6. The summed E-state index contributed by atoms with van der Waals surface area (Å²) in [5.41, 5.74) is 2.48. The molecule has 1 saturated heterocycles. The zero-order valence-electron chi connectivity index (χ0n) is 13.7. The molecule has 4 nitrogen and oxygen atoms in total. The number of nitriles is 1. The van der Waals surface area contributed by atoms with Gasteiger partial charge in [-0.05, 0) is 30.2 Å². The first-order chi connectivity index (χ1) is 11.8. The van der Waals surface area contributed by atoms with Crippen molar-refractivity contribution in [1.29, 1.82) is 5.26 Å². The van der Waals surface area contributed by atoms with E-state index in [2.05, 4.69) is 35.2 Å². The molecule has 0 unspecified atom stereocenters. The molecule has 2 aromatic rings. The smallest absolute Gasteiger partial charge is 0.253 e. The van der Waals surface area contributed by atoms with E-state index < -0.39 is 0 Å². The lowest BCUT2D eigenvalue weighted by atomic mass is 10.1. The van der Waals surface area contributed by atoms with Crippen LogP contribution in [-0.4, -0.2) is 48.4 Å². The van der Waals surface area contributed by atoms with Crippen molar-refractivity contribution in [3.05, 3.63) is 71.3 Å². The highest BCUT2D eigenvalue weighted by Crippen LogP contribution is 2.11. The van der Waals surface area contributed by atoms with E-state index in [4.69, 9.17) is 5.26 Å². The highest BCUT2D eigenvalue weighted by molar-refractivity contribution is 5.94. The summed E-state index contributed by atoms with van der Waals surface area (Å²) >= 11 is 0. The highest BCUT2D eigenvalue weighted by Gasteiger charge is 2.22. The largest absolute Gasteiger partial charge is 0.336 e. The molecule has 0 saturated carbocycles. The molecule has 0 aliphatic carbocycles. The fourth-order valence-electron chi connectivity index (χ4n) is 3.01. The molecule has 0 bridgehead atoms. The van der Waals surface area contributed by atoms with Crippen LogP contribution in [0.5, 0.6) is 0 Å². The minimum atomic E-state index is 0.0230.